The molecular weight excluding hydrogens is 342 g/mol. The highest BCUT2D eigenvalue weighted by Crippen LogP contribution is 2.21. The molecule has 0 saturated carbocycles. The first-order valence-corrected chi connectivity index (χ1v) is 8.79. The summed E-state index contributed by atoms with van der Waals surface area (Å²) in [6.07, 6.45) is 3.41. The maximum atomic E-state index is 12.8. The second kappa shape index (κ2) is 10.2. The summed E-state index contributed by atoms with van der Waals surface area (Å²) in [7, 11) is 2.95. The number of benzene rings is 2. The van der Waals surface area contributed by atoms with Gasteiger partial charge in [0.25, 0.3) is 0 Å². The summed E-state index contributed by atoms with van der Waals surface area (Å²) in [5.74, 6) is 0.215. The van der Waals surface area contributed by atoms with Crippen LogP contribution < -0.4 is 4.74 Å². The first-order valence-electron chi connectivity index (χ1n) is 8.79. The zero-order chi connectivity index (χ0) is 19.6. The number of carbonyl (C=O) groups excluding carboxylic acids is 2. The highest BCUT2D eigenvalue weighted by atomic mass is 16.5. The van der Waals surface area contributed by atoms with Crippen molar-refractivity contribution in [2.24, 2.45) is 0 Å². The molecule has 0 bridgehead atoms. The molecule has 5 heteroatoms. The standard InChI is InChI=1S/C22H25NO4/c1-17(19-9-5-4-6-10-19)23(15-14-22(25)27-3)21(24)13-12-18-8-7-11-20(16-18)26-2/h4-13,16-17H,14-15H2,1-3H3/b13-12+. The SMILES string of the molecule is COC(=O)CCN(C(=O)/C=C/c1cccc(OC)c1)C(C)c1ccccc1. The van der Waals surface area contributed by atoms with Crippen LogP contribution in [0.5, 0.6) is 5.75 Å². The Bertz CT molecular complexity index is 786. The van der Waals surface area contributed by atoms with Crippen LogP contribution >= 0.6 is 0 Å². The number of hydrogen-bond donors (Lipinski definition) is 0. The number of ether oxygens (including phenoxy) is 2. The van der Waals surface area contributed by atoms with Gasteiger partial charge in [-0.05, 0) is 36.3 Å². The largest absolute Gasteiger partial charge is 0.497 e. The van der Waals surface area contributed by atoms with Crippen LogP contribution in [0.1, 0.15) is 30.5 Å². The second-order valence-corrected chi connectivity index (χ2v) is 6.05. The number of methoxy groups -OCH3 is 2. The molecule has 0 aliphatic heterocycles. The molecule has 1 unspecified atom stereocenters. The lowest BCUT2D eigenvalue weighted by atomic mass is 10.1. The van der Waals surface area contributed by atoms with Crippen molar-refractivity contribution in [3.05, 3.63) is 71.8 Å². The van der Waals surface area contributed by atoms with E-state index < -0.39 is 0 Å². The number of esters is 1. The van der Waals surface area contributed by atoms with Gasteiger partial charge in [0.2, 0.25) is 5.91 Å². The summed E-state index contributed by atoms with van der Waals surface area (Å²) in [6, 6.07) is 17.0. The van der Waals surface area contributed by atoms with Crippen molar-refractivity contribution in [2.75, 3.05) is 20.8 Å². The Morgan fingerprint density at radius 3 is 2.48 bits per heavy atom. The molecular formula is C22H25NO4. The van der Waals surface area contributed by atoms with Crippen molar-refractivity contribution in [1.29, 1.82) is 0 Å². The van der Waals surface area contributed by atoms with Gasteiger partial charge in [-0.15, -0.1) is 0 Å². The maximum absolute atomic E-state index is 12.8. The van der Waals surface area contributed by atoms with E-state index in [1.165, 1.54) is 13.2 Å². The predicted octanol–water partition coefficient (Wildman–Crippen LogP) is 3.86. The van der Waals surface area contributed by atoms with Gasteiger partial charge in [-0.3, -0.25) is 9.59 Å². The number of amides is 1. The minimum atomic E-state index is -0.343. The Morgan fingerprint density at radius 2 is 1.81 bits per heavy atom. The summed E-state index contributed by atoms with van der Waals surface area (Å²) < 4.78 is 9.91. The van der Waals surface area contributed by atoms with Crippen molar-refractivity contribution in [3.8, 4) is 5.75 Å². The smallest absolute Gasteiger partial charge is 0.307 e. The van der Waals surface area contributed by atoms with Gasteiger partial charge in [-0.25, -0.2) is 0 Å². The van der Waals surface area contributed by atoms with E-state index in [1.54, 1.807) is 18.1 Å². The molecule has 1 atom stereocenters. The minimum Gasteiger partial charge on any atom is -0.497 e. The van der Waals surface area contributed by atoms with Gasteiger partial charge in [-0.1, -0.05) is 42.5 Å². The van der Waals surface area contributed by atoms with Gasteiger partial charge < -0.3 is 14.4 Å². The second-order valence-electron chi connectivity index (χ2n) is 6.05. The summed E-state index contributed by atoms with van der Waals surface area (Å²) >= 11 is 0. The summed E-state index contributed by atoms with van der Waals surface area (Å²) in [4.78, 5) is 26.1. The molecule has 0 heterocycles. The van der Waals surface area contributed by atoms with Crippen molar-refractivity contribution in [1.82, 2.24) is 4.90 Å². The fourth-order valence-electron chi connectivity index (χ4n) is 2.73. The van der Waals surface area contributed by atoms with Crippen LogP contribution in [0.25, 0.3) is 6.08 Å². The van der Waals surface area contributed by atoms with Crippen LogP contribution in [-0.4, -0.2) is 37.5 Å². The molecule has 142 valence electrons. The first kappa shape index (κ1) is 20.2. The lowest BCUT2D eigenvalue weighted by Crippen LogP contribution is -2.34. The van der Waals surface area contributed by atoms with Gasteiger partial charge in [0.05, 0.1) is 26.7 Å². The molecule has 0 spiro atoms. The molecule has 2 rings (SSSR count). The predicted molar refractivity (Wildman–Crippen MR) is 105 cm³/mol. The van der Waals surface area contributed by atoms with Crippen LogP contribution in [0.15, 0.2) is 60.7 Å². The molecule has 0 radical (unpaired) electrons. The Hall–Kier alpha value is -3.08. The quantitative estimate of drug-likeness (QED) is 0.525. The van der Waals surface area contributed by atoms with Gasteiger partial charge in [0.15, 0.2) is 0 Å². The summed E-state index contributed by atoms with van der Waals surface area (Å²) in [5, 5.41) is 0. The normalized spacial score (nSPS) is 11.8. The number of nitrogens with zero attached hydrogens (tertiary/aromatic N) is 1. The third-order valence-corrected chi connectivity index (χ3v) is 4.33. The van der Waals surface area contributed by atoms with Gasteiger partial charge in [-0.2, -0.15) is 0 Å². The van der Waals surface area contributed by atoms with Crippen LogP contribution in [0, 0.1) is 0 Å². The van der Waals surface area contributed by atoms with E-state index in [0.717, 1.165) is 16.9 Å². The molecule has 0 aromatic heterocycles. The van der Waals surface area contributed by atoms with Crippen LogP contribution in [0.3, 0.4) is 0 Å². The fourth-order valence-corrected chi connectivity index (χ4v) is 2.73. The highest BCUT2D eigenvalue weighted by Gasteiger charge is 2.20. The zero-order valence-electron chi connectivity index (χ0n) is 15.9. The molecule has 0 saturated heterocycles. The van der Waals surface area contributed by atoms with Crippen LogP contribution in [0.2, 0.25) is 0 Å². The van der Waals surface area contributed by atoms with Crippen LogP contribution in [0.4, 0.5) is 0 Å². The van der Waals surface area contributed by atoms with Crippen molar-refractivity contribution in [3.63, 3.8) is 0 Å². The fraction of sp³-hybridized carbons (Fsp3) is 0.273. The topological polar surface area (TPSA) is 55.8 Å². The number of rotatable bonds is 8. The number of hydrogen-bond acceptors (Lipinski definition) is 4. The molecule has 5 nitrogen and oxygen atoms in total. The average Bonchev–Trinajstić information content (AvgIpc) is 2.72. The van der Waals surface area contributed by atoms with Crippen LogP contribution in [-0.2, 0) is 14.3 Å². The Kier molecular flexibility index (Phi) is 7.62. The monoisotopic (exact) mass is 367 g/mol. The maximum Gasteiger partial charge on any atom is 0.307 e. The molecule has 2 aromatic carbocycles. The lowest BCUT2D eigenvalue weighted by molar-refractivity contribution is -0.141. The van der Waals surface area contributed by atoms with E-state index >= 15 is 0 Å². The lowest BCUT2D eigenvalue weighted by Gasteiger charge is -2.28. The van der Waals surface area contributed by atoms with Gasteiger partial charge in [0.1, 0.15) is 5.75 Å². The molecule has 0 N–H and O–H groups in total. The minimum absolute atomic E-state index is 0.145. The Morgan fingerprint density at radius 1 is 1.07 bits per heavy atom. The molecule has 1 amide bonds. The third-order valence-electron chi connectivity index (χ3n) is 4.33. The molecule has 0 aliphatic rings. The van der Waals surface area contributed by atoms with E-state index in [-0.39, 0.29) is 30.9 Å². The van der Waals surface area contributed by atoms with Gasteiger partial charge >= 0.3 is 5.97 Å². The zero-order valence-corrected chi connectivity index (χ0v) is 15.9. The highest BCUT2D eigenvalue weighted by molar-refractivity contribution is 5.92. The van der Waals surface area contributed by atoms with Crippen molar-refractivity contribution in [2.45, 2.75) is 19.4 Å². The van der Waals surface area contributed by atoms with E-state index in [9.17, 15) is 9.59 Å². The van der Waals surface area contributed by atoms with Crippen molar-refractivity contribution < 1.29 is 19.1 Å². The molecule has 2 aromatic rings. The summed E-state index contributed by atoms with van der Waals surface area (Å²) in [5.41, 5.74) is 1.87. The first-order chi connectivity index (χ1) is 13.0. The Balaban J connectivity index is 2.18. The molecule has 0 aliphatic carbocycles. The van der Waals surface area contributed by atoms with E-state index in [2.05, 4.69) is 0 Å². The number of carbonyl (C=O) groups is 2. The summed E-state index contributed by atoms with van der Waals surface area (Å²) in [6.45, 7) is 2.23. The molecule has 27 heavy (non-hydrogen) atoms. The van der Waals surface area contributed by atoms with E-state index in [4.69, 9.17) is 9.47 Å². The van der Waals surface area contributed by atoms with Gasteiger partial charge in [0, 0.05) is 12.6 Å². The molecule has 0 fully saturated rings. The van der Waals surface area contributed by atoms with E-state index in [1.807, 2.05) is 61.5 Å². The average molecular weight is 367 g/mol. The van der Waals surface area contributed by atoms with E-state index in [0.29, 0.717) is 0 Å². The Labute approximate surface area is 160 Å². The third kappa shape index (κ3) is 5.99. The van der Waals surface area contributed by atoms with Crippen molar-refractivity contribution >= 4 is 18.0 Å².